The summed E-state index contributed by atoms with van der Waals surface area (Å²) in [5, 5.41) is 5.02. The van der Waals surface area contributed by atoms with Crippen LogP contribution >= 0.6 is 0 Å². The summed E-state index contributed by atoms with van der Waals surface area (Å²) in [6.45, 7) is 4.23. The molecule has 3 aromatic rings. The predicted molar refractivity (Wildman–Crippen MR) is 125 cm³/mol. The highest BCUT2D eigenvalue weighted by molar-refractivity contribution is 7.92. The van der Waals surface area contributed by atoms with E-state index in [2.05, 4.69) is 5.32 Å². The molecular formula is C24H28N2O4S. The van der Waals surface area contributed by atoms with Crippen molar-refractivity contribution in [2.45, 2.75) is 26.3 Å². The maximum absolute atomic E-state index is 12.8. The molecule has 1 amide bonds. The van der Waals surface area contributed by atoms with Crippen LogP contribution in [0.2, 0.25) is 0 Å². The summed E-state index contributed by atoms with van der Waals surface area (Å²) < 4.78 is 31.9. The number of nitrogens with zero attached hydrogens (tertiary/aromatic N) is 1. The molecule has 3 aromatic carbocycles. The molecule has 31 heavy (non-hydrogen) atoms. The van der Waals surface area contributed by atoms with Gasteiger partial charge in [0.05, 0.1) is 18.5 Å². The number of amides is 1. The Morgan fingerprint density at radius 1 is 1.03 bits per heavy atom. The first-order chi connectivity index (χ1) is 14.8. The summed E-state index contributed by atoms with van der Waals surface area (Å²) in [5.41, 5.74) is 1.40. The third-order valence-corrected chi connectivity index (χ3v) is 6.16. The van der Waals surface area contributed by atoms with E-state index >= 15 is 0 Å². The van der Waals surface area contributed by atoms with E-state index < -0.39 is 16.1 Å². The number of ether oxygens (including phenoxy) is 1. The molecule has 0 spiro atoms. The van der Waals surface area contributed by atoms with E-state index in [0.29, 0.717) is 12.1 Å². The van der Waals surface area contributed by atoms with Gasteiger partial charge in [0.15, 0.2) is 0 Å². The van der Waals surface area contributed by atoms with Crippen LogP contribution in [0.4, 0.5) is 5.69 Å². The van der Waals surface area contributed by atoms with Crippen molar-refractivity contribution in [3.8, 4) is 5.75 Å². The number of sulfonamides is 1. The minimum atomic E-state index is -3.64. The van der Waals surface area contributed by atoms with Gasteiger partial charge in [0.2, 0.25) is 15.9 Å². The van der Waals surface area contributed by atoms with Crippen LogP contribution in [-0.2, 0) is 14.8 Å². The Balaban J connectivity index is 1.64. The summed E-state index contributed by atoms with van der Waals surface area (Å²) in [5.74, 6) is 0.369. The number of hydrogen-bond acceptors (Lipinski definition) is 4. The smallest absolute Gasteiger partial charge is 0.244 e. The topological polar surface area (TPSA) is 75.7 Å². The second kappa shape index (κ2) is 9.83. The van der Waals surface area contributed by atoms with Gasteiger partial charge in [-0.1, -0.05) is 49.4 Å². The van der Waals surface area contributed by atoms with Crippen LogP contribution in [0.15, 0.2) is 66.7 Å². The summed E-state index contributed by atoms with van der Waals surface area (Å²) in [6.07, 6.45) is 1.46. The van der Waals surface area contributed by atoms with E-state index in [0.717, 1.165) is 28.3 Å². The lowest BCUT2D eigenvalue weighted by molar-refractivity contribution is -0.122. The van der Waals surface area contributed by atoms with Crippen molar-refractivity contribution in [2.24, 2.45) is 0 Å². The first-order valence-electron chi connectivity index (χ1n) is 10.2. The van der Waals surface area contributed by atoms with Gasteiger partial charge < -0.3 is 10.1 Å². The summed E-state index contributed by atoms with van der Waals surface area (Å²) in [6, 6.07) is 20.1. The number of rotatable bonds is 9. The minimum Gasteiger partial charge on any atom is -0.492 e. The van der Waals surface area contributed by atoms with Crippen molar-refractivity contribution >= 4 is 32.4 Å². The maximum atomic E-state index is 12.8. The van der Waals surface area contributed by atoms with Gasteiger partial charge in [-0.2, -0.15) is 0 Å². The van der Waals surface area contributed by atoms with Crippen LogP contribution in [-0.4, -0.2) is 39.8 Å². The van der Waals surface area contributed by atoms with Crippen LogP contribution in [0.5, 0.6) is 5.75 Å². The van der Waals surface area contributed by atoms with Crippen LogP contribution < -0.4 is 14.4 Å². The molecule has 0 saturated heterocycles. The van der Waals surface area contributed by atoms with Gasteiger partial charge in [-0.3, -0.25) is 9.10 Å². The second-order valence-corrected chi connectivity index (χ2v) is 9.33. The third-order valence-electron chi connectivity index (χ3n) is 4.98. The Morgan fingerprint density at radius 3 is 2.45 bits per heavy atom. The molecule has 0 aliphatic carbocycles. The van der Waals surface area contributed by atoms with E-state index in [4.69, 9.17) is 4.74 Å². The number of anilines is 1. The van der Waals surface area contributed by atoms with Gasteiger partial charge in [-0.15, -0.1) is 0 Å². The van der Waals surface area contributed by atoms with Crippen molar-refractivity contribution in [2.75, 3.05) is 23.7 Å². The summed E-state index contributed by atoms with van der Waals surface area (Å²) >= 11 is 0. The first kappa shape index (κ1) is 22.6. The number of carbonyl (C=O) groups excluding carboxylic acids is 1. The number of aryl methyl sites for hydroxylation is 1. The van der Waals surface area contributed by atoms with Crippen LogP contribution in [0.25, 0.3) is 10.8 Å². The van der Waals surface area contributed by atoms with E-state index in [1.54, 1.807) is 25.1 Å². The van der Waals surface area contributed by atoms with Crippen molar-refractivity contribution < 1.29 is 17.9 Å². The summed E-state index contributed by atoms with van der Waals surface area (Å²) in [7, 11) is -3.64. The van der Waals surface area contributed by atoms with Crippen LogP contribution in [0, 0.1) is 6.92 Å². The molecule has 0 fully saturated rings. The number of fused-ring (bicyclic) bond motifs is 1. The molecule has 6 nitrogen and oxygen atoms in total. The summed E-state index contributed by atoms with van der Waals surface area (Å²) in [4.78, 5) is 12.8. The van der Waals surface area contributed by atoms with E-state index in [1.165, 1.54) is 4.31 Å². The lowest BCUT2D eigenvalue weighted by atomic mass is 10.1. The highest BCUT2D eigenvalue weighted by Crippen LogP contribution is 2.23. The molecule has 0 unspecified atom stereocenters. The lowest BCUT2D eigenvalue weighted by Gasteiger charge is -2.30. The van der Waals surface area contributed by atoms with E-state index in [-0.39, 0.29) is 19.1 Å². The molecule has 0 heterocycles. The fourth-order valence-corrected chi connectivity index (χ4v) is 4.75. The Morgan fingerprint density at radius 2 is 1.77 bits per heavy atom. The standard InChI is InChI=1S/C24H28N2O4S/c1-4-23(26(31(3,28)29)21-11-7-8-18(2)16-21)24(27)25-14-15-30-22-13-12-19-9-5-6-10-20(19)17-22/h5-13,16-17,23H,4,14-15H2,1-3H3,(H,25,27)/t23-/m0/s1. The molecule has 1 N–H and O–H groups in total. The Hall–Kier alpha value is -3.06. The molecule has 7 heteroatoms. The van der Waals surface area contributed by atoms with Gasteiger partial charge in [0, 0.05) is 0 Å². The van der Waals surface area contributed by atoms with Crippen molar-refractivity contribution in [1.29, 1.82) is 0 Å². The minimum absolute atomic E-state index is 0.271. The average molecular weight is 441 g/mol. The molecule has 0 aliphatic rings. The van der Waals surface area contributed by atoms with E-state index in [1.807, 2.05) is 55.5 Å². The first-order valence-corrected chi connectivity index (χ1v) is 12.1. The molecular weight excluding hydrogens is 412 g/mol. The Labute approximate surface area is 183 Å². The lowest BCUT2D eigenvalue weighted by Crippen LogP contribution is -2.50. The van der Waals surface area contributed by atoms with Gasteiger partial charge in [0.1, 0.15) is 18.4 Å². The second-order valence-electron chi connectivity index (χ2n) is 7.47. The van der Waals surface area contributed by atoms with Crippen LogP contribution in [0.3, 0.4) is 0 Å². The van der Waals surface area contributed by atoms with Crippen LogP contribution in [0.1, 0.15) is 18.9 Å². The molecule has 1 atom stereocenters. The predicted octanol–water partition coefficient (Wildman–Crippen LogP) is 3.89. The van der Waals surface area contributed by atoms with Gasteiger partial charge in [-0.05, 0) is 53.9 Å². The van der Waals surface area contributed by atoms with Gasteiger partial charge in [0.25, 0.3) is 0 Å². The maximum Gasteiger partial charge on any atom is 0.244 e. The quantitative estimate of drug-likeness (QED) is 0.512. The largest absolute Gasteiger partial charge is 0.492 e. The molecule has 164 valence electrons. The molecule has 0 radical (unpaired) electrons. The normalized spacial score (nSPS) is 12.4. The fourth-order valence-electron chi connectivity index (χ4n) is 3.54. The molecule has 0 aromatic heterocycles. The monoisotopic (exact) mass is 440 g/mol. The average Bonchev–Trinajstić information content (AvgIpc) is 2.73. The molecule has 3 rings (SSSR count). The van der Waals surface area contributed by atoms with Crippen molar-refractivity contribution in [3.63, 3.8) is 0 Å². The number of benzene rings is 3. The van der Waals surface area contributed by atoms with E-state index in [9.17, 15) is 13.2 Å². The number of hydrogen-bond donors (Lipinski definition) is 1. The fraction of sp³-hybridized carbons (Fsp3) is 0.292. The molecule has 0 saturated carbocycles. The Kier molecular flexibility index (Phi) is 7.17. The van der Waals surface area contributed by atoms with Crippen molar-refractivity contribution in [3.05, 3.63) is 72.3 Å². The van der Waals surface area contributed by atoms with Gasteiger partial charge in [-0.25, -0.2) is 8.42 Å². The highest BCUT2D eigenvalue weighted by atomic mass is 32.2. The molecule has 0 bridgehead atoms. The zero-order chi connectivity index (χ0) is 22.4. The number of nitrogens with one attached hydrogen (secondary N) is 1. The number of carbonyl (C=O) groups is 1. The van der Waals surface area contributed by atoms with Gasteiger partial charge >= 0.3 is 0 Å². The highest BCUT2D eigenvalue weighted by Gasteiger charge is 2.31. The molecule has 0 aliphatic heterocycles. The zero-order valence-corrected chi connectivity index (χ0v) is 18.9. The van der Waals surface area contributed by atoms with Crippen molar-refractivity contribution in [1.82, 2.24) is 5.32 Å². The zero-order valence-electron chi connectivity index (χ0n) is 18.0. The Bertz CT molecular complexity index is 1160. The third kappa shape index (κ3) is 5.76. The SMILES string of the molecule is CC[C@@H](C(=O)NCCOc1ccc2ccccc2c1)N(c1cccc(C)c1)S(C)(=O)=O.